The van der Waals surface area contributed by atoms with Gasteiger partial charge in [-0.15, -0.1) is 0 Å². The van der Waals surface area contributed by atoms with Crippen LogP contribution in [-0.2, 0) is 6.54 Å². The Labute approximate surface area is 111 Å². The molecule has 0 aliphatic heterocycles. The molecule has 0 bridgehead atoms. The molecule has 0 fully saturated rings. The third kappa shape index (κ3) is 4.62. The molecular weight excluding hydrogens is 218 g/mol. The van der Waals surface area contributed by atoms with Crippen LogP contribution in [0, 0.1) is 6.92 Å². The maximum Gasteiger partial charge on any atom is 0.0400 e. The highest BCUT2D eigenvalue weighted by molar-refractivity contribution is 5.33. The molecule has 1 heteroatoms. The molecule has 18 heavy (non-hydrogen) atoms. The number of allylic oxidation sites excluding steroid dienone is 4. The second-order valence-corrected chi connectivity index (χ2v) is 4.67. The maximum atomic E-state index is 4.03. The second-order valence-electron chi connectivity index (χ2n) is 4.67. The number of hydrogen-bond donors (Lipinski definition) is 1. The van der Waals surface area contributed by atoms with Crippen LogP contribution >= 0.6 is 0 Å². The Kier molecular flexibility index (Phi) is 5.44. The molecule has 1 aromatic rings. The largest absolute Gasteiger partial charge is 0.381 e. The molecule has 0 aliphatic carbocycles. The molecule has 0 aliphatic rings. The number of hydrogen-bond acceptors (Lipinski definition) is 1. The number of nitrogens with one attached hydrogen (secondary N) is 1. The molecule has 0 saturated carbocycles. The molecule has 1 aromatic carbocycles. The smallest absolute Gasteiger partial charge is 0.0400 e. The zero-order valence-corrected chi connectivity index (χ0v) is 11.9. The Morgan fingerprint density at radius 2 is 2.00 bits per heavy atom. The lowest BCUT2D eigenvalue weighted by atomic mass is 10.1. The highest BCUT2D eigenvalue weighted by Gasteiger charge is 1.96. The molecule has 0 amide bonds. The van der Waals surface area contributed by atoms with Gasteiger partial charge >= 0.3 is 0 Å². The van der Waals surface area contributed by atoms with Gasteiger partial charge in [-0.3, -0.25) is 0 Å². The van der Waals surface area contributed by atoms with Crippen molar-refractivity contribution >= 4 is 0 Å². The molecule has 0 unspecified atom stereocenters. The number of rotatable bonds is 5. The average molecular weight is 241 g/mol. The van der Waals surface area contributed by atoms with Gasteiger partial charge in [-0.05, 0) is 44.9 Å². The minimum atomic E-state index is 0.819. The Morgan fingerprint density at radius 1 is 1.28 bits per heavy atom. The molecule has 0 spiro atoms. The summed E-state index contributed by atoms with van der Waals surface area (Å²) >= 11 is 0. The summed E-state index contributed by atoms with van der Waals surface area (Å²) in [6.07, 6.45) is 4.20. The van der Waals surface area contributed by atoms with E-state index < -0.39 is 0 Å². The van der Waals surface area contributed by atoms with E-state index in [2.05, 4.69) is 76.0 Å². The monoisotopic (exact) mass is 241 g/mol. The Balaban J connectivity index is 2.57. The van der Waals surface area contributed by atoms with Gasteiger partial charge in [0.05, 0.1) is 0 Å². The third-order valence-corrected chi connectivity index (χ3v) is 3.05. The van der Waals surface area contributed by atoms with E-state index in [1.165, 1.54) is 22.3 Å². The SMILES string of the molecule is C=C(/C=C(C)\C(C)=C/C)NCc1cccc(C)c1. The molecule has 0 heterocycles. The summed E-state index contributed by atoms with van der Waals surface area (Å²) in [7, 11) is 0. The normalized spacial score (nSPS) is 12.4. The first kappa shape index (κ1) is 14.3. The fourth-order valence-corrected chi connectivity index (χ4v) is 1.69. The second kappa shape index (κ2) is 6.85. The Bertz CT molecular complexity index is 478. The fourth-order valence-electron chi connectivity index (χ4n) is 1.69. The summed E-state index contributed by atoms with van der Waals surface area (Å²) in [5.74, 6) is 0. The van der Waals surface area contributed by atoms with Gasteiger partial charge in [0.25, 0.3) is 0 Å². The molecule has 0 aromatic heterocycles. The van der Waals surface area contributed by atoms with E-state index >= 15 is 0 Å². The van der Waals surface area contributed by atoms with E-state index in [0.717, 1.165) is 12.2 Å². The quantitative estimate of drug-likeness (QED) is 0.748. The zero-order valence-electron chi connectivity index (χ0n) is 11.9. The average Bonchev–Trinajstić information content (AvgIpc) is 2.35. The van der Waals surface area contributed by atoms with Crippen molar-refractivity contribution in [3.63, 3.8) is 0 Å². The molecule has 96 valence electrons. The van der Waals surface area contributed by atoms with E-state index in [9.17, 15) is 0 Å². The van der Waals surface area contributed by atoms with Crippen LogP contribution in [0.15, 0.2) is 59.8 Å². The molecule has 0 atom stereocenters. The summed E-state index contributed by atoms with van der Waals surface area (Å²) in [6.45, 7) is 13.2. The van der Waals surface area contributed by atoms with Gasteiger partial charge in [0.1, 0.15) is 0 Å². The van der Waals surface area contributed by atoms with Gasteiger partial charge in [-0.25, -0.2) is 0 Å². The van der Waals surface area contributed by atoms with E-state index in [-0.39, 0.29) is 0 Å². The van der Waals surface area contributed by atoms with Crippen molar-refractivity contribution in [1.82, 2.24) is 5.32 Å². The van der Waals surface area contributed by atoms with Crippen molar-refractivity contribution in [2.75, 3.05) is 0 Å². The highest BCUT2D eigenvalue weighted by Crippen LogP contribution is 2.10. The highest BCUT2D eigenvalue weighted by atomic mass is 14.9. The Hall–Kier alpha value is -1.76. The first-order valence-corrected chi connectivity index (χ1v) is 6.33. The van der Waals surface area contributed by atoms with Crippen molar-refractivity contribution in [3.8, 4) is 0 Å². The maximum absolute atomic E-state index is 4.03. The van der Waals surface area contributed by atoms with Gasteiger partial charge in [-0.2, -0.15) is 0 Å². The summed E-state index contributed by atoms with van der Waals surface area (Å²) < 4.78 is 0. The molecule has 0 radical (unpaired) electrons. The van der Waals surface area contributed by atoms with Crippen molar-refractivity contribution in [2.45, 2.75) is 34.2 Å². The van der Waals surface area contributed by atoms with Crippen molar-refractivity contribution < 1.29 is 0 Å². The van der Waals surface area contributed by atoms with Crippen molar-refractivity contribution in [3.05, 3.63) is 71.0 Å². The van der Waals surface area contributed by atoms with E-state index in [1.807, 2.05) is 0 Å². The lowest BCUT2D eigenvalue weighted by molar-refractivity contribution is 0.834. The first-order chi connectivity index (χ1) is 8.52. The van der Waals surface area contributed by atoms with Crippen LogP contribution in [0.2, 0.25) is 0 Å². The van der Waals surface area contributed by atoms with Crippen LogP contribution in [-0.4, -0.2) is 0 Å². The Morgan fingerprint density at radius 3 is 2.61 bits per heavy atom. The van der Waals surface area contributed by atoms with Crippen molar-refractivity contribution in [1.29, 1.82) is 0 Å². The summed E-state index contributed by atoms with van der Waals surface area (Å²) in [5, 5.41) is 3.34. The van der Waals surface area contributed by atoms with Crippen molar-refractivity contribution in [2.24, 2.45) is 0 Å². The predicted octanol–water partition coefficient (Wildman–Crippen LogP) is 4.51. The molecule has 0 saturated heterocycles. The summed E-state index contributed by atoms with van der Waals surface area (Å²) in [5.41, 5.74) is 6.06. The van der Waals surface area contributed by atoms with Crippen LogP contribution in [0.25, 0.3) is 0 Å². The molecule has 1 rings (SSSR count). The van der Waals surface area contributed by atoms with E-state index in [4.69, 9.17) is 0 Å². The number of aryl methyl sites for hydroxylation is 1. The fraction of sp³-hybridized carbons (Fsp3) is 0.294. The van der Waals surface area contributed by atoms with Gasteiger partial charge < -0.3 is 5.32 Å². The molecule has 1 N–H and O–H groups in total. The minimum absolute atomic E-state index is 0.819. The predicted molar refractivity (Wildman–Crippen MR) is 80.3 cm³/mol. The van der Waals surface area contributed by atoms with Crippen LogP contribution in [0.1, 0.15) is 31.9 Å². The van der Waals surface area contributed by atoms with Crippen LogP contribution < -0.4 is 5.32 Å². The zero-order chi connectivity index (χ0) is 13.5. The van der Waals surface area contributed by atoms with Gasteiger partial charge in [-0.1, -0.05) is 48.1 Å². The standard InChI is InChI=1S/C17H23N/c1-6-14(3)15(4)11-16(5)18-12-17-9-7-8-13(2)10-17/h6-11,18H,5,12H2,1-4H3/b14-6-,15-11-. The topological polar surface area (TPSA) is 12.0 Å². The van der Waals surface area contributed by atoms with E-state index in [1.54, 1.807) is 0 Å². The summed E-state index contributed by atoms with van der Waals surface area (Å²) in [4.78, 5) is 0. The third-order valence-electron chi connectivity index (χ3n) is 3.05. The lowest BCUT2D eigenvalue weighted by Gasteiger charge is -2.08. The molecular formula is C17H23N. The van der Waals surface area contributed by atoms with Gasteiger partial charge in [0, 0.05) is 12.2 Å². The minimum Gasteiger partial charge on any atom is -0.381 e. The number of benzene rings is 1. The summed E-state index contributed by atoms with van der Waals surface area (Å²) in [6, 6.07) is 8.51. The molecule has 1 nitrogen and oxygen atoms in total. The van der Waals surface area contributed by atoms with Crippen LogP contribution in [0.4, 0.5) is 0 Å². The van der Waals surface area contributed by atoms with Crippen LogP contribution in [0.5, 0.6) is 0 Å². The lowest BCUT2D eigenvalue weighted by Crippen LogP contribution is -2.10. The van der Waals surface area contributed by atoms with Crippen LogP contribution in [0.3, 0.4) is 0 Å². The van der Waals surface area contributed by atoms with E-state index in [0.29, 0.717) is 0 Å². The first-order valence-electron chi connectivity index (χ1n) is 6.33. The van der Waals surface area contributed by atoms with Gasteiger partial charge in [0.2, 0.25) is 0 Å². The van der Waals surface area contributed by atoms with Gasteiger partial charge in [0.15, 0.2) is 0 Å².